The second-order valence-corrected chi connectivity index (χ2v) is 7.06. The Morgan fingerprint density at radius 3 is 2.44 bits per heavy atom. The van der Waals surface area contributed by atoms with Crippen LogP contribution in [0.1, 0.15) is 24.8 Å². The number of piperidine rings is 1. The average molecular weight is 344 g/mol. The summed E-state index contributed by atoms with van der Waals surface area (Å²) in [5, 5.41) is 0. The van der Waals surface area contributed by atoms with Gasteiger partial charge in [0.25, 0.3) is 0 Å². The first-order valence-corrected chi connectivity index (χ1v) is 9.23. The number of urea groups is 1. The Bertz CT molecular complexity index is 592. The van der Waals surface area contributed by atoms with Crippen LogP contribution in [0.3, 0.4) is 0 Å². The van der Waals surface area contributed by atoms with Gasteiger partial charge in [0.15, 0.2) is 0 Å². The normalized spacial score (nSPS) is 22.5. The molecule has 2 saturated heterocycles. The molecule has 0 aliphatic carbocycles. The highest BCUT2D eigenvalue weighted by molar-refractivity contribution is 5.79. The Labute approximate surface area is 149 Å². The van der Waals surface area contributed by atoms with Crippen molar-refractivity contribution in [3.8, 4) is 0 Å². The van der Waals surface area contributed by atoms with Gasteiger partial charge in [-0.2, -0.15) is 0 Å². The number of carbonyl (C=O) groups excluding carboxylic acids is 2. The summed E-state index contributed by atoms with van der Waals surface area (Å²) in [6.07, 6.45) is 2.82. The molecule has 136 valence electrons. The molecule has 1 unspecified atom stereocenters. The fourth-order valence-electron chi connectivity index (χ4n) is 3.86. The van der Waals surface area contributed by atoms with Crippen molar-refractivity contribution in [2.24, 2.45) is 11.7 Å². The van der Waals surface area contributed by atoms with Crippen LogP contribution in [-0.2, 0) is 11.3 Å². The number of carbonyl (C=O) groups is 2. The van der Waals surface area contributed by atoms with E-state index in [0.717, 1.165) is 45.4 Å². The maximum absolute atomic E-state index is 12.9. The van der Waals surface area contributed by atoms with E-state index in [0.29, 0.717) is 19.6 Å². The molecule has 6 nitrogen and oxygen atoms in total. The first kappa shape index (κ1) is 17.7. The Morgan fingerprint density at radius 2 is 1.68 bits per heavy atom. The molecule has 0 bridgehead atoms. The Kier molecular flexibility index (Phi) is 5.91. The second-order valence-electron chi connectivity index (χ2n) is 7.06. The van der Waals surface area contributed by atoms with Crippen molar-refractivity contribution in [1.29, 1.82) is 0 Å². The van der Waals surface area contributed by atoms with Gasteiger partial charge in [-0.25, -0.2) is 4.79 Å². The standard InChI is InChI=1S/C19H28N4O2/c20-19(25)23-11-5-10-22(12-13-23)18(24)17-8-4-9-21(15-17)14-16-6-2-1-3-7-16/h1-3,6-7,17H,4-5,8-15H2,(H2,20,25). The number of rotatable bonds is 3. The van der Waals surface area contributed by atoms with Gasteiger partial charge in [0.1, 0.15) is 0 Å². The molecule has 0 saturated carbocycles. The molecule has 2 aliphatic heterocycles. The molecular weight excluding hydrogens is 316 g/mol. The first-order chi connectivity index (χ1) is 12.1. The average Bonchev–Trinajstić information content (AvgIpc) is 2.88. The van der Waals surface area contributed by atoms with Crippen molar-refractivity contribution in [1.82, 2.24) is 14.7 Å². The largest absolute Gasteiger partial charge is 0.351 e. The highest BCUT2D eigenvalue weighted by Gasteiger charge is 2.30. The van der Waals surface area contributed by atoms with E-state index in [1.54, 1.807) is 4.90 Å². The van der Waals surface area contributed by atoms with Crippen LogP contribution in [0.25, 0.3) is 0 Å². The molecule has 6 heteroatoms. The van der Waals surface area contributed by atoms with E-state index in [9.17, 15) is 9.59 Å². The number of hydrogen-bond acceptors (Lipinski definition) is 3. The van der Waals surface area contributed by atoms with Crippen LogP contribution in [-0.4, -0.2) is 65.9 Å². The molecule has 25 heavy (non-hydrogen) atoms. The van der Waals surface area contributed by atoms with Gasteiger partial charge in [-0.1, -0.05) is 30.3 Å². The van der Waals surface area contributed by atoms with E-state index >= 15 is 0 Å². The quantitative estimate of drug-likeness (QED) is 0.904. The topological polar surface area (TPSA) is 69.9 Å². The minimum absolute atomic E-state index is 0.0672. The van der Waals surface area contributed by atoms with E-state index in [-0.39, 0.29) is 17.9 Å². The lowest BCUT2D eigenvalue weighted by atomic mass is 9.96. The van der Waals surface area contributed by atoms with Crippen LogP contribution in [0.15, 0.2) is 30.3 Å². The molecule has 2 N–H and O–H groups in total. The van der Waals surface area contributed by atoms with E-state index in [1.807, 2.05) is 11.0 Å². The van der Waals surface area contributed by atoms with E-state index < -0.39 is 0 Å². The number of amides is 3. The molecule has 3 rings (SSSR count). The summed E-state index contributed by atoms with van der Waals surface area (Å²) in [6.45, 7) is 5.28. The smallest absolute Gasteiger partial charge is 0.314 e. The molecule has 1 aromatic rings. The Hall–Kier alpha value is -2.08. The first-order valence-electron chi connectivity index (χ1n) is 9.23. The third-order valence-electron chi connectivity index (χ3n) is 5.22. The number of primary amides is 1. The molecule has 0 aromatic heterocycles. The van der Waals surface area contributed by atoms with Crippen LogP contribution in [0.4, 0.5) is 4.79 Å². The molecular formula is C19H28N4O2. The second kappa shape index (κ2) is 8.34. The maximum atomic E-state index is 12.9. The summed E-state index contributed by atoms with van der Waals surface area (Å²) < 4.78 is 0. The summed E-state index contributed by atoms with van der Waals surface area (Å²) in [5.74, 6) is 0.307. The molecule has 1 atom stereocenters. The number of likely N-dealkylation sites (tertiary alicyclic amines) is 1. The van der Waals surface area contributed by atoms with Gasteiger partial charge in [-0.15, -0.1) is 0 Å². The van der Waals surface area contributed by atoms with Crippen molar-refractivity contribution in [2.45, 2.75) is 25.8 Å². The number of benzene rings is 1. The van der Waals surface area contributed by atoms with Gasteiger partial charge in [0, 0.05) is 39.3 Å². The zero-order valence-corrected chi connectivity index (χ0v) is 14.8. The van der Waals surface area contributed by atoms with Crippen LogP contribution < -0.4 is 5.73 Å². The molecule has 2 aliphatic rings. The fourth-order valence-corrected chi connectivity index (χ4v) is 3.86. The molecule has 2 fully saturated rings. The minimum atomic E-state index is -0.388. The van der Waals surface area contributed by atoms with Gasteiger partial charge in [-0.3, -0.25) is 9.69 Å². The van der Waals surface area contributed by atoms with Crippen molar-refractivity contribution in [3.05, 3.63) is 35.9 Å². The lowest BCUT2D eigenvalue weighted by molar-refractivity contribution is -0.137. The van der Waals surface area contributed by atoms with Crippen molar-refractivity contribution in [3.63, 3.8) is 0 Å². The van der Waals surface area contributed by atoms with Crippen LogP contribution in [0, 0.1) is 5.92 Å². The lowest BCUT2D eigenvalue weighted by Gasteiger charge is -2.34. The lowest BCUT2D eigenvalue weighted by Crippen LogP contribution is -2.46. The highest BCUT2D eigenvalue weighted by Crippen LogP contribution is 2.21. The summed E-state index contributed by atoms with van der Waals surface area (Å²) in [7, 11) is 0. The zero-order chi connectivity index (χ0) is 17.6. The van der Waals surface area contributed by atoms with Gasteiger partial charge in [0.2, 0.25) is 5.91 Å². The zero-order valence-electron chi connectivity index (χ0n) is 14.8. The number of hydrogen-bond donors (Lipinski definition) is 1. The van der Waals surface area contributed by atoms with Crippen molar-refractivity contribution in [2.75, 3.05) is 39.3 Å². The van der Waals surface area contributed by atoms with Gasteiger partial charge in [0.05, 0.1) is 5.92 Å². The van der Waals surface area contributed by atoms with Crippen molar-refractivity contribution < 1.29 is 9.59 Å². The van der Waals surface area contributed by atoms with E-state index in [2.05, 4.69) is 29.2 Å². The van der Waals surface area contributed by atoms with Gasteiger partial charge >= 0.3 is 6.03 Å². The van der Waals surface area contributed by atoms with Crippen LogP contribution in [0.2, 0.25) is 0 Å². The molecule has 0 spiro atoms. The summed E-state index contributed by atoms with van der Waals surface area (Å²) >= 11 is 0. The third-order valence-corrected chi connectivity index (χ3v) is 5.22. The predicted octanol–water partition coefficient (Wildman–Crippen LogP) is 1.51. The predicted molar refractivity (Wildman–Crippen MR) is 96.8 cm³/mol. The Balaban J connectivity index is 1.55. The van der Waals surface area contributed by atoms with E-state index in [1.165, 1.54) is 5.56 Å². The third kappa shape index (κ3) is 4.72. The van der Waals surface area contributed by atoms with Crippen molar-refractivity contribution >= 4 is 11.9 Å². The fraction of sp³-hybridized carbons (Fsp3) is 0.579. The number of nitrogens with zero attached hydrogens (tertiary/aromatic N) is 3. The van der Waals surface area contributed by atoms with E-state index in [4.69, 9.17) is 5.73 Å². The Morgan fingerprint density at radius 1 is 0.960 bits per heavy atom. The van der Waals surface area contributed by atoms with Gasteiger partial charge < -0.3 is 15.5 Å². The molecule has 3 amide bonds. The maximum Gasteiger partial charge on any atom is 0.314 e. The molecule has 2 heterocycles. The van der Waals surface area contributed by atoms with Crippen LogP contribution >= 0.6 is 0 Å². The SMILES string of the molecule is NC(=O)N1CCCN(C(=O)C2CCCN(Cc3ccccc3)C2)CC1. The summed E-state index contributed by atoms with van der Waals surface area (Å²) in [4.78, 5) is 30.2. The molecule has 0 radical (unpaired) electrons. The van der Waals surface area contributed by atoms with Gasteiger partial charge in [-0.05, 0) is 31.4 Å². The van der Waals surface area contributed by atoms with Crippen LogP contribution in [0.5, 0.6) is 0 Å². The highest BCUT2D eigenvalue weighted by atomic mass is 16.2. The monoisotopic (exact) mass is 344 g/mol. The summed E-state index contributed by atoms with van der Waals surface area (Å²) in [6, 6.07) is 10.0. The number of nitrogens with two attached hydrogens (primary N) is 1. The molecule has 1 aromatic carbocycles. The summed E-state index contributed by atoms with van der Waals surface area (Å²) in [5.41, 5.74) is 6.66. The minimum Gasteiger partial charge on any atom is -0.351 e.